The fraction of sp³-hybridized carbons (Fsp3) is 0.214. The third-order valence-electron chi connectivity index (χ3n) is 6.97. The van der Waals surface area contributed by atoms with Crippen molar-refractivity contribution in [3.8, 4) is 0 Å². The molecule has 5 rings (SSSR count). The van der Waals surface area contributed by atoms with Gasteiger partial charge in [-0.1, -0.05) is 54.4 Å². The third kappa shape index (κ3) is 5.41. The zero-order valence-corrected chi connectivity index (χ0v) is 22.2. The van der Waals surface area contributed by atoms with Gasteiger partial charge in [0.15, 0.2) is 0 Å². The van der Waals surface area contributed by atoms with Crippen LogP contribution in [-0.4, -0.2) is 26.5 Å². The van der Waals surface area contributed by atoms with E-state index in [1.54, 1.807) is 24.3 Å². The van der Waals surface area contributed by atoms with E-state index in [9.17, 15) is 25.0 Å². The number of hydrogen-bond donors (Lipinski definition) is 0. The summed E-state index contributed by atoms with van der Waals surface area (Å²) in [5.74, 6) is -0.537. The quantitative estimate of drug-likeness (QED) is 0.235. The minimum Gasteiger partial charge on any atom is -0.267 e. The van der Waals surface area contributed by atoms with Gasteiger partial charge in [0.1, 0.15) is 0 Å². The van der Waals surface area contributed by atoms with Gasteiger partial charge in [-0.15, -0.1) is 0 Å². The Labute approximate surface area is 233 Å². The van der Waals surface area contributed by atoms with Crippen LogP contribution in [0.5, 0.6) is 0 Å². The van der Waals surface area contributed by atoms with Crippen molar-refractivity contribution in [3.05, 3.63) is 119 Å². The van der Waals surface area contributed by atoms with Gasteiger partial charge in [-0.05, 0) is 65.8 Å². The van der Waals surface area contributed by atoms with Gasteiger partial charge < -0.3 is 0 Å². The van der Waals surface area contributed by atoms with Crippen LogP contribution < -0.4 is 0 Å². The zero-order chi connectivity index (χ0) is 27.8. The predicted octanol–water partition coefficient (Wildman–Crippen LogP) is 7.49. The van der Waals surface area contributed by atoms with Crippen LogP contribution in [0.1, 0.15) is 47.3 Å². The molecule has 1 aliphatic heterocycles. The molecule has 39 heavy (non-hydrogen) atoms. The number of rotatable bonds is 5. The van der Waals surface area contributed by atoms with Gasteiger partial charge in [-0.2, -0.15) is 5.10 Å². The van der Waals surface area contributed by atoms with E-state index < -0.39 is 33.2 Å². The number of nitrogens with zero attached hydrogens (tertiary/aromatic N) is 4. The van der Waals surface area contributed by atoms with Crippen LogP contribution in [0.2, 0.25) is 10.0 Å². The van der Waals surface area contributed by atoms with Crippen LogP contribution in [0.25, 0.3) is 6.08 Å². The van der Waals surface area contributed by atoms with E-state index >= 15 is 0 Å². The molecule has 0 bridgehead atoms. The number of fused-ring (bicyclic) bond motifs is 1. The van der Waals surface area contributed by atoms with Gasteiger partial charge >= 0.3 is 0 Å². The Hall–Kier alpha value is -4.08. The van der Waals surface area contributed by atoms with Crippen LogP contribution in [0, 0.1) is 32.1 Å². The van der Waals surface area contributed by atoms with E-state index in [1.165, 1.54) is 5.01 Å². The Morgan fingerprint density at radius 2 is 1.51 bits per heavy atom. The maximum Gasteiger partial charge on any atom is 0.277 e. The molecule has 11 heteroatoms. The molecule has 3 aromatic rings. The molecule has 0 saturated heterocycles. The van der Waals surface area contributed by atoms with Crippen LogP contribution in [0.3, 0.4) is 0 Å². The Bertz CT molecular complexity index is 1500. The number of hydrazone groups is 1. The molecule has 1 amide bonds. The van der Waals surface area contributed by atoms with Gasteiger partial charge in [-0.3, -0.25) is 25.0 Å². The van der Waals surface area contributed by atoms with E-state index in [0.717, 1.165) is 53.5 Å². The van der Waals surface area contributed by atoms with Crippen molar-refractivity contribution in [1.82, 2.24) is 5.01 Å². The molecule has 9 nitrogen and oxygen atoms in total. The van der Waals surface area contributed by atoms with Gasteiger partial charge in [0.05, 0.1) is 33.2 Å². The standard InChI is InChI=1S/C28H22Cl2N4O5/c1-16-10-19(12-17-2-6-21(29)7-3-17)26-25(11-16)27(18-4-8-22(30)9-5-18)32(31-26)28(35)20-13-23(33(36)37)15-24(14-20)34(38)39/h2-9,12-16,25,27H,10-11H2,1H3/b19-12+/t16-,25-,27+/m1/s1. The van der Waals surface area contributed by atoms with E-state index in [1.807, 2.05) is 30.3 Å². The molecule has 198 valence electrons. The lowest BCUT2D eigenvalue weighted by Gasteiger charge is -2.32. The molecule has 0 aromatic heterocycles. The van der Waals surface area contributed by atoms with Crippen LogP contribution in [-0.2, 0) is 0 Å². The molecule has 0 spiro atoms. The molecule has 0 unspecified atom stereocenters. The first kappa shape index (κ1) is 26.5. The highest BCUT2D eigenvalue weighted by Gasteiger charge is 2.45. The number of allylic oxidation sites excluding steroid dienone is 1. The number of carbonyl (C=O) groups is 1. The lowest BCUT2D eigenvalue weighted by Crippen LogP contribution is -2.33. The smallest absolute Gasteiger partial charge is 0.267 e. The normalized spacial score (nSPS) is 21.4. The van der Waals surface area contributed by atoms with Crippen molar-refractivity contribution in [2.45, 2.75) is 25.8 Å². The van der Waals surface area contributed by atoms with Gasteiger partial charge in [0, 0.05) is 28.1 Å². The highest BCUT2D eigenvalue weighted by molar-refractivity contribution is 6.30. The van der Waals surface area contributed by atoms with Gasteiger partial charge in [0.2, 0.25) is 0 Å². The number of carbonyl (C=O) groups excluding carboxylic acids is 1. The summed E-state index contributed by atoms with van der Waals surface area (Å²) in [6.07, 6.45) is 3.53. The SMILES string of the molecule is C[C@@H]1C/C(=C\c2ccc(Cl)cc2)C2=NN(C(=O)c3cc([N+](=O)[O-])cc([N+](=O)[O-])c3)[C@@H](c3ccc(Cl)cc3)[C@@H]2C1. The highest BCUT2D eigenvalue weighted by atomic mass is 35.5. The lowest BCUT2D eigenvalue weighted by atomic mass is 9.73. The first-order valence-corrected chi connectivity index (χ1v) is 12.9. The second kappa shape index (κ2) is 10.6. The van der Waals surface area contributed by atoms with Crippen molar-refractivity contribution < 1.29 is 14.6 Å². The number of hydrogen-bond acceptors (Lipinski definition) is 6. The number of benzene rings is 3. The average Bonchev–Trinajstić information content (AvgIpc) is 3.29. The Kier molecular flexibility index (Phi) is 7.20. The van der Waals surface area contributed by atoms with E-state index in [-0.39, 0.29) is 17.4 Å². The third-order valence-corrected chi connectivity index (χ3v) is 7.47. The summed E-state index contributed by atoms with van der Waals surface area (Å²) < 4.78 is 0. The molecular formula is C28H22Cl2N4O5. The summed E-state index contributed by atoms with van der Waals surface area (Å²) >= 11 is 12.2. The molecule has 0 N–H and O–H groups in total. The molecule has 1 heterocycles. The van der Waals surface area contributed by atoms with Crippen molar-refractivity contribution >= 4 is 52.3 Å². The molecule has 1 fully saturated rings. The Morgan fingerprint density at radius 3 is 2.08 bits per heavy atom. The van der Waals surface area contributed by atoms with Crippen molar-refractivity contribution in [2.75, 3.05) is 0 Å². The monoisotopic (exact) mass is 564 g/mol. The summed E-state index contributed by atoms with van der Waals surface area (Å²) in [6, 6.07) is 16.9. The van der Waals surface area contributed by atoms with Crippen LogP contribution in [0.4, 0.5) is 11.4 Å². The highest BCUT2D eigenvalue weighted by Crippen LogP contribution is 2.47. The van der Waals surface area contributed by atoms with Crippen molar-refractivity contribution in [3.63, 3.8) is 0 Å². The second-order valence-corrected chi connectivity index (χ2v) is 10.6. The van der Waals surface area contributed by atoms with Crippen LogP contribution >= 0.6 is 23.2 Å². The zero-order valence-electron chi connectivity index (χ0n) is 20.7. The summed E-state index contributed by atoms with van der Waals surface area (Å²) in [7, 11) is 0. The van der Waals surface area contributed by atoms with Crippen molar-refractivity contribution in [2.24, 2.45) is 16.9 Å². The average molecular weight is 565 g/mol. The fourth-order valence-corrected chi connectivity index (χ4v) is 5.52. The topological polar surface area (TPSA) is 119 Å². The molecule has 3 atom stereocenters. The van der Waals surface area contributed by atoms with E-state index in [4.69, 9.17) is 28.3 Å². The molecular weight excluding hydrogens is 543 g/mol. The van der Waals surface area contributed by atoms with Crippen LogP contribution in [0.15, 0.2) is 77.4 Å². The second-order valence-electron chi connectivity index (χ2n) is 9.76. The number of nitro groups is 2. The first-order chi connectivity index (χ1) is 18.6. The Balaban J connectivity index is 1.63. The maximum atomic E-state index is 13.9. The van der Waals surface area contributed by atoms with Crippen molar-refractivity contribution in [1.29, 1.82) is 0 Å². The fourth-order valence-electron chi connectivity index (χ4n) is 5.27. The molecule has 2 aliphatic rings. The minimum atomic E-state index is -0.759. The van der Waals surface area contributed by atoms with Gasteiger partial charge in [-0.25, -0.2) is 5.01 Å². The summed E-state index contributed by atoms with van der Waals surface area (Å²) in [6.45, 7) is 2.14. The molecule has 1 aliphatic carbocycles. The predicted molar refractivity (Wildman–Crippen MR) is 149 cm³/mol. The van der Waals surface area contributed by atoms with E-state index in [2.05, 4.69) is 6.92 Å². The molecule has 3 aromatic carbocycles. The summed E-state index contributed by atoms with van der Waals surface area (Å²) in [4.78, 5) is 35.3. The maximum absolute atomic E-state index is 13.9. The number of non-ortho nitro benzene ring substituents is 2. The molecule has 0 radical (unpaired) electrons. The summed E-state index contributed by atoms with van der Waals surface area (Å²) in [5.41, 5.74) is 2.17. The molecule has 1 saturated carbocycles. The van der Waals surface area contributed by atoms with Gasteiger partial charge in [0.25, 0.3) is 17.3 Å². The summed E-state index contributed by atoms with van der Waals surface area (Å²) in [5, 5.41) is 30.2. The first-order valence-electron chi connectivity index (χ1n) is 12.2. The van der Waals surface area contributed by atoms with E-state index in [0.29, 0.717) is 10.0 Å². The Morgan fingerprint density at radius 1 is 0.949 bits per heavy atom. The largest absolute Gasteiger partial charge is 0.277 e. The number of amides is 1. The minimum absolute atomic E-state index is 0.161. The lowest BCUT2D eigenvalue weighted by molar-refractivity contribution is -0.394. The number of halogens is 2. The number of nitro benzene ring substituents is 2.